The zero-order valence-electron chi connectivity index (χ0n) is 11.8. The van der Waals surface area contributed by atoms with Gasteiger partial charge in [0.05, 0.1) is 18.9 Å². The van der Waals surface area contributed by atoms with Crippen LogP contribution in [0.15, 0.2) is 36.1 Å². The molecule has 112 valence electrons. The molecule has 7 heteroatoms. The Bertz CT molecular complexity index is 805. The monoisotopic (exact) mass is 314 g/mol. The number of rotatable bonds is 2. The Morgan fingerprint density at radius 1 is 1.32 bits per heavy atom. The minimum atomic E-state index is -0.0435. The van der Waals surface area contributed by atoms with Crippen LogP contribution in [0.4, 0.5) is 0 Å². The van der Waals surface area contributed by atoms with Crippen molar-refractivity contribution < 1.29 is 9.53 Å². The number of nitrogens with zero attached hydrogens (tertiary/aromatic N) is 4. The van der Waals surface area contributed by atoms with E-state index in [0.29, 0.717) is 32.0 Å². The van der Waals surface area contributed by atoms with Gasteiger partial charge in [-0.25, -0.2) is 4.98 Å². The molecule has 0 atom stereocenters. The van der Waals surface area contributed by atoms with E-state index in [2.05, 4.69) is 9.97 Å². The Labute approximate surface area is 131 Å². The van der Waals surface area contributed by atoms with E-state index in [1.54, 1.807) is 17.3 Å². The molecular weight excluding hydrogens is 300 g/mol. The highest BCUT2D eigenvalue weighted by atomic mass is 32.1. The average Bonchev–Trinajstić information content (AvgIpc) is 3.16. The van der Waals surface area contributed by atoms with E-state index >= 15 is 0 Å². The zero-order chi connectivity index (χ0) is 14.9. The standard InChI is InChI=1S/C15H14N4O2S/c20-14(18-4-7-21-8-5-18)12-13(11-2-1-3-16-10-11)19-6-9-22-15(19)17-12/h1-3,6,9-10H,4-5,7-8H2. The molecule has 0 spiro atoms. The van der Waals surface area contributed by atoms with Crippen molar-refractivity contribution in [3.05, 3.63) is 41.8 Å². The van der Waals surface area contributed by atoms with Crippen LogP contribution in [0.1, 0.15) is 10.5 Å². The van der Waals surface area contributed by atoms with Crippen LogP contribution in [0, 0.1) is 0 Å². The normalized spacial score (nSPS) is 15.4. The first-order chi connectivity index (χ1) is 10.8. The molecule has 1 aliphatic rings. The van der Waals surface area contributed by atoms with Gasteiger partial charge in [-0.2, -0.15) is 0 Å². The summed E-state index contributed by atoms with van der Waals surface area (Å²) in [5.41, 5.74) is 2.19. The van der Waals surface area contributed by atoms with Crippen molar-refractivity contribution in [1.82, 2.24) is 19.3 Å². The molecule has 0 unspecified atom stereocenters. The average molecular weight is 314 g/mol. The molecule has 0 N–H and O–H groups in total. The molecule has 1 aliphatic heterocycles. The number of aromatic nitrogens is 3. The lowest BCUT2D eigenvalue weighted by atomic mass is 10.1. The lowest BCUT2D eigenvalue weighted by molar-refractivity contribution is 0.0300. The molecule has 0 bridgehead atoms. The van der Waals surface area contributed by atoms with Crippen LogP contribution < -0.4 is 0 Å². The Balaban J connectivity index is 1.83. The first-order valence-electron chi connectivity index (χ1n) is 7.07. The van der Waals surface area contributed by atoms with Crippen LogP contribution in [0.2, 0.25) is 0 Å². The number of thiazole rings is 1. The molecule has 4 heterocycles. The van der Waals surface area contributed by atoms with Crippen molar-refractivity contribution in [2.75, 3.05) is 26.3 Å². The van der Waals surface area contributed by atoms with E-state index in [1.165, 1.54) is 11.3 Å². The van der Waals surface area contributed by atoms with Gasteiger partial charge in [0.1, 0.15) is 0 Å². The smallest absolute Gasteiger partial charge is 0.274 e. The van der Waals surface area contributed by atoms with Gasteiger partial charge in [0.15, 0.2) is 10.7 Å². The highest BCUT2D eigenvalue weighted by Gasteiger charge is 2.26. The number of hydrogen-bond donors (Lipinski definition) is 0. The van der Waals surface area contributed by atoms with E-state index in [-0.39, 0.29) is 5.91 Å². The van der Waals surface area contributed by atoms with E-state index in [1.807, 2.05) is 28.1 Å². The largest absolute Gasteiger partial charge is 0.378 e. The maximum absolute atomic E-state index is 12.8. The lowest BCUT2D eigenvalue weighted by Crippen LogP contribution is -2.41. The fourth-order valence-corrected chi connectivity index (χ4v) is 3.34. The molecule has 0 aromatic carbocycles. The molecule has 0 radical (unpaired) electrons. The fraction of sp³-hybridized carbons (Fsp3) is 0.267. The van der Waals surface area contributed by atoms with Crippen molar-refractivity contribution in [1.29, 1.82) is 0 Å². The van der Waals surface area contributed by atoms with Crippen molar-refractivity contribution in [2.45, 2.75) is 0 Å². The van der Waals surface area contributed by atoms with Crippen molar-refractivity contribution in [2.24, 2.45) is 0 Å². The number of ether oxygens (including phenoxy) is 1. The molecule has 22 heavy (non-hydrogen) atoms. The fourth-order valence-electron chi connectivity index (χ4n) is 2.63. The van der Waals surface area contributed by atoms with Gasteiger partial charge in [-0.1, -0.05) is 0 Å². The van der Waals surface area contributed by atoms with Gasteiger partial charge in [0.25, 0.3) is 5.91 Å². The van der Waals surface area contributed by atoms with Gasteiger partial charge in [-0.15, -0.1) is 11.3 Å². The summed E-state index contributed by atoms with van der Waals surface area (Å²) in [4.78, 5) is 24.2. The molecule has 6 nitrogen and oxygen atoms in total. The lowest BCUT2D eigenvalue weighted by Gasteiger charge is -2.26. The molecule has 1 amide bonds. The second kappa shape index (κ2) is 5.51. The van der Waals surface area contributed by atoms with Gasteiger partial charge in [0.2, 0.25) is 0 Å². The van der Waals surface area contributed by atoms with E-state index in [0.717, 1.165) is 16.2 Å². The molecular formula is C15H14N4O2S. The van der Waals surface area contributed by atoms with E-state index < -0.39 is 0 Å². The van der Waals surface area contributed by atoms with E-state index in [9.17, 15) is 4.79 Å². The van der Waals surface area contributed by atoms with Gasteiger partial charge in [-0.3, -0.25) is 14.2 Å². The summed E-state index contributed by atoms with van der Waals surface area (Å²) in [7, 11) is 0. The third-order valence-electron chi connectivity index (χ3n) is 3.70. The minimum absolute atomic E-state index is 0.0435. The predicted octanol–water partition coefficient (Wildman–Crippen LogP) is 1.93. The van der Waals surface area contributed by atoms with Crippen LogP contribution in [-0.2, 0) is 4.74 Å². The molecule has 4 rings (SSSR count). The second-order valence-corrected chi connectivity index (χ2v) is 5.88. The van der Waals surface area contributed by atoms with Crippen molar-refractivity contribution >= 4 is 22.2 Å². The molecule has 0 aliphatic carbocycles. The highest BCUT2D eigenvalue weighted by molar-refractivity contribution is 7.15. The maximum atomic E-state index is 12.8. The molecule has 1 saturated heterocycles. The third kappa shape index (κ3) is 2.18. The predicted molar refractivity (Wildman–Crippen MR) is 83.0 cm³/mol. The number of carbonyl (C=O) groups excluding carboxylic acids is 1. The molecule has 3 aromatic rings. The first-order valence-corrected chi connectivity index (χ1v) is 7.95. The molecule has 0 saturated carbocycles. The summed E-state index contributed by atoms with van der Waals surface area (Å²) < 4.78 is 7.27. The number of carbonyl (C=O) groups is 1. The summed E-state index contributed by atoms with van der Waals surface area (Å²) in [5, 5.41) is 1.96. The maximum Gasteiger partial charge on any atom is 0.274 e. The minimum Gasteiger partial charge on any atom is -0.378 e. The van der Waals surface area contributed by atoms with Crippen LogP contribution in [0.5, 0.6) is 0 Å². The van der Waals surface area contributed by atoms with Gasteiger partial charge in [-0.05, 0) is 12.1 Å². The summed E-state index contributed by atoms with van der Waals surface area (Å²) in [5.74, 6) is -0.0435. The second-order valence-electron chi connectivity index (χ2n) is 5.01. The number of hydrogen-bond acceptors (Lipinski definition) is 5. The Morgan fingerprint density at radius 2 is 2.18 bits per heavy atom. The van der Waals surface area contributed by atoms with Crippen molar-refractivity contribution in [3.8, 4) is 11.3 Å². The van der Waals surface area contributed by atoms with Gasteiger partial charge < -0.3 is 9.64 Å². The van der Waals surface area contributed by atoms with E-state index in [4.69, 9.17) is 4.74 Å². The Hall–Kier alpha value is -2.25. The van der Waals surface area contributed by atoms with Crippen LogP contribution in [0.3, 0.4) is 0 Å². The quantitative estimate of drug-likeness (QED) is 0.725. The summed E-state index contributed by atoms with van der Waals surface area (Å²) in [6.45, 7) is 2.37. The first kappa shape index (κ1) is 13.4. The number of imidazole rings is 1. The highest BCUT2D eigenvalue weighted by Crippen LogP contribution is 2.28. The number of pyridine rings is 1. The Kier molecular flexibility index (Phi) is 3.36. The third-order valence-corrected chi connectivity index (χ3v) is 4.45. The zero-order valence-corrected chi connectivity index (χ0v) is 12.6. The SMILES string of the molecule is O=C(c1nc2sccn2c1-c1cccnc1)N1CCOCC1. The number of fused-ring (bicyclic) bond motifs is 1. The van der Waals surface area contributed by atoms with Gasteiger partial charge in [0, 0.05) is 42.6 Å². The number of morpholine rings is 1. The van der Waals surface area contributed by atoms with Crippen molar-refractivity contribution in [3.63, 3.8) is 0 Å². The summed E-state index contributed by atoms with van der Waals surface area (Å²) in [6, 6.07) is 3.81. The topological polar surface area (TPSA) is 59.7 Å². The molecule has 1 fully saturated rings. The summed E-state index contributed by atoms with van der Waals surface area (Å²) >= 11 is 1.52. The molecule has 3 aromatic heterocycles. The summed E-state index contributed by atoms with van der Waals surface area (Å²) in [6.07, 6.45) is 5.42. The van der Waals surface area contributed by atoms with Crippen LogP contribution in [0.25, 0.3) is 16.2 Å². The van der Waals surface area contributed by atoms with Crippen LogP contribution >= 0.6 is 11.3 Å². The van der Waals surface area contributed by atoms with Crippen LogP contribution in [-0.4, -0.2) is 51.5 Å². The number of amides is 1. The Morgan fingerprint density at radius 3 is 2.95 bits per heavy atom. The van der Waals surface area contributed by atoms with Gasteiger partial charge >= 0.3 is 0 Å².